The van der Waals surface area contributed by atoms with E-state index in [2.05, 4.69) is 0 Å². The van der Waals surface area contributed by atoms with Crippen LogP contribution in [0, 0.1) is 0 Å². The highest BCUT2D eigenvalue weighted by Crippen LogP contribution is 2.35. The van der Waals surface area contributed by atoms with Crippen LogP contribution in [0.15, 0.2) is 24.3 Å². The summed E-state index contributed by atoms with van der Waals surface area (Å²) in [7, 11) is 3.91. The van der Waals surface area contributed by atoms with Crippen molar-refractivity contribution in [3.8, 4) is 0 Å². The number of benzene rings is 1. The van der Waals surface area contributed by atoms with Crippen molar-refractivity contribution in [2.75, 3.05) is 37.0 Å². The molecule has 0 aromatic heterocycles. The molecule has 1 aromatic rings. The molecule has 2 amide bonds. The van der Waals surface area contributed by atoms with Gasteiger partial charge in [-0.05, 0) is 33.2 Å². The van der Waals surface area contributed by atoms with Crippen LogP contribution in [-0.2, 0) is 9.59 Å². The van der Waals surface area contributed by atoms with Crippen molar-refractivity contribution >= 4 is 23.2 Å². The fourth-order valence-electron chi connectivity index (χ4n) is 2.75. The number of para-hydroxylation sites is 2. The molecule has 0 aliphatic carbocycles. The van der Waals surface area contributed by atoms with Crippen molar-refractivity contribution in [3.05, 3.63) is 24.3 Å². The normalized spacial score (nSPS) is 17.9. The number of carbonyl (C=O) groups excluding carboxylic acids is 2. The molecule has 0 saturated heterocycles. The minimum atomic E-state index is -0.0132. The van der Waals surface area contributed by atoms with Gasteiger partial charge in [-0.3, -0.25) is 9.59 Å². The average molecular weight is 289 g/mol. The number of anilines is 2. The number of amides is 2. The summed E-state index contributed by atoms with van der Waals surface area (Å²) in [5, 5.41) is 0. The van der Waals surface area contributed by atoms with Crippen LogP contribution in [0.25, 0.3) is 0 Å². The quantitative estimate of drug-likeness (QED) is 0.851. The van der Waals surface area contributed by atoms with Gasteiger partial charge in [-0.25, -0.2) is 0 Å². The predicted octanol–water partition coefficient (Wildman–Crippen LogP) is 1.73. The van der Waals surface area contributed by atoms with Crippen molar-refractivity contribution in [3.63, 3.8) is 0 Å². The first kappa shape index (κ1) is 15.5. The molecule has 0 unspecified atom stereocenters. The number of fused-ring (bicyclic) bond motifs is 1. The molecule has 0 N–H and O–H groups in total. The van der Waals surface area contributed by atoms with E-state index >= 15 is 0 Å². The molecule has 1 heterocycles. The van der Waals surface area contributed by atoms with Crippen molar-refractivity contribution < 1.29 is 9.59 Å². The van der Waals surface area contributed by atoms with Gasteiger partial charge in [0.25, 0.3) is 0 Å². The maximum Gasteiger partial charge on any atom is 0.228 e. The first-order valence-corrected chi connectivity index (χ1v) is 7.25. The van der Waals surface area contributed by atoms with Crippen molar-refractivity contribution in [1.82, 2.24) is 4.90 Å². The summed E-state index contributed by atoms with van der Waals surface area (Å²) in [5.41, 5.74) is 1.65. The topological polar surface area (TPSA) is 43.9 Å². The number of carbonyl (C=O) groups is 2. The van der Waals surface area contributed by atoms with Crippen LogP contribution in [0.1, 0.15) is 20.3 Å². The third-order valence-electron chi connectivity index (χ3n) is 3.73. The summed E-state index contributed by atoms with van der Waals surface area (Å²) < 4.78 is 0. The van der Waals surface area contributed by atoms with E-state index in [-0.39, 0.29) is 17.9 Å². The Morgan fingerprint density at radius 1 is 1.24 bits per heavy atom. The maximum atomic E-state index is 12.5. The Morgan fingerprint density at radius 3 is 2.43 bits per heavy atom. The van der Waals surface area contributed by atoms with Gasteiger partial charge in [-0.2, -0.15) is 0 Å². The summed E-state index contributed by atoms with van der Waals surface area (Å²) in [5.74, 6) is 0.113. The number of nitrogens with zero attached hydrogens (tertiary/aromatic N) is 3. The fraction of sp³-hybridized carbons (Fsp3) is 0.500. The van der Waals surface area contributed by atoms with Crippen LogP contribution >= 0.6 is 0 Å². The van der Waals surface area contributed by atoms with Crippen LogP contribution in [0.4, 0.5) is 11.4 Å². The van der Waals surface area contributed by atoms with E-state index < -0.39 is 0 Å². The van der Waals surface area contributed by atoms with Crippen LogP contribution in [-0.4, -0.2) is 49.9 Å². The molecule has 0 saturated carbocycles. The zero-order valence-corrected chi connectivity index (χ0v) is 13.2. The lowest BCUT2D eigenvalue weighted by atomic mass is 10.1. The second-order valence-electron chi connectivity index (χ2n) is 5.78. The van der Waals surface area contributed by atoms with Crippen molar-refractivity contribution in [2.24, 2.45) is 0 Å². The van der Waals surface area contributed by atoms with Crippen LogP contribution in [0.3, 0.4) is 0 Å². The number of hydrogen-bond acceptors (Lipinski definition) is 3. The summed E-state index contributed by atoms with van der Waals surface area (Å²) in [6, 6.07) is 7.60. The van der Waals surface area contributed by atoms with Gasteiger partial charge in [0.2, 0.25) is 11.8 Å². The monoisotopic (exact) mass is 289 g/mol. The van der Waals surface area contributed by atoms with Gasteiger partial charge in [0, 0.05) is 26.4 Å². The molecule has 2 rings (SSSR count). The summed E-state index contributed by atoms with van der Waals surface area (Å²) in [6.07, 6.45) is 0.480. The van der Waals surface area contributed by atoms with Crippen LogP contribution in [0.2, 0.25) is 0 Å². The number of rotatable bonds is 3. The zero-order valence-electron chi connectivity index (χ0n) is 13.2. The van der Waals surface area contributed by atoms with Gasteiger partial charge in [0.05, 0.1) is 17.4 Å². The third-order valence-corrected chi connectivity index (χ3v) is 3.73. The molecule has 1 aromatic carbocycles. The second kappa shape index (κ2) is 6.26. The van der Waals surface area contributed by atoms with E-state index in [1.165, 1.54) is 0 Å². The zero-order chi connectivity index (χ0) is 15.6. The van der Waals surface area contributed by atoms with E-state index in [0.29, 0.717) is 13.0 Å². The van der Waals surface area contributed by atoms with E-state index in [9.17, 15) is 9.59 Å². The first-order valence-electron chi connectivity index (χ1n) is 7.25. The third kappa shape index (κ3) is 3.24. The fourth-order valence-corrected chi connectivity index (χ4v) is 2.75. The smallest absolute Gasteiger partial charge is 0.228 e. The van der Waals surface area contributed by atoms with Gasteiger partial charge in [-0.1, -0.05) is 12.1 Å². The molecule has 0 radical (unpaired) electrons. The van der Waals surface area contributed by atoms with Gasteiger partial charge in [0.1, 0.15) is 0 Å². The minimum absolute atomic E-state index is 0.00957. The highest BCUT2D eigenvalue weighted by atomic mass is 16.2. The molecule has 1 aliphatic rings. The van der Waals surface area contributed by atoms with E-state index in [1.54, 1.807) is 11.8 Å². The Kier molecular flexibility index (Phi) is 4.63. The molecule has 0 fully saturated rings. The standard InChI is InChI=1S/C16H23N3O2/c1-12-11-18(16(21)9-10-17(3)4)14-7-5-6-8-15(14)19(12)13(2)20/h5-8,12H,9-11H2,1-4H3/t12-/m0/s1. The largest absolute Gasteiger partial charge is 0.309 e. The molecule has 0 bridgehead atoms. The minimum Gasteiger partial charge on any atom is -0.309 e. The highest BCUT2D eigenvalue weighted by Gasteiger charge is 2.32. The SMILES string of the molecule is CC(=O)N1c2ccccc2N(C(=O)CCN(C)C)C[C@@H]1C. The summed E-state index contributed by atoms with van der Waals surface area (Å²) >= 11 is 0. The first-order chi connectivity index (χ1) is 9.91. The van der Waals surface area contributed by atoms with E-state index in [1.807, 2.05) is 55.1 Å². The lowest BCUT2D eigenvalue weighted by Crippen LogP contribution is -2.51. The molecular weight excluding hydrogens is 266 g/mol. The Labute approximate surface area is 126 Å². The second-order valence-corrected chi connectivity index (χ2v) is 5.78. The van der Waals surface area contributed by atoms with Gasteiger partial charge in [0.15, 0.2) is 0 Å². The highest BCUT2D eigenvalue weighted by molar-refractivity contribution is 6.03. The Balaban J connectivity index is 2.31. The Bertz CT molecular complexity index is 542. The molecular formula is C16H23N3O2. The molecule has 5 heteroatoms. The molecule has 1 aliphatic heterocycles. The molecule has 114 valence electrons. The lowest BCUT2D eigenvalue weighted by molar-refractivity contribution is -0.120. The van der Waals surface area contributed by atoms with E-state index in [4.69, 9.17) is 0 Å². The van der Waals surface area contributed by atoms with Gasteiger partial charge < -0.3 is 14.7 Å². The van der Waals surface area contributed by atoms with Gasteiger partial charge >= 0.3 is 0 Å². The van der Waals surface area contributed by atoms with Gasteiger partial charge in [-0.15, -0.1) is 0 Å². The van der Waals surface area contributed by atoms with Crippen LogP contribution < -0.4 is 9.80 Å². The lowest BCUT2D eigenvalue weighted by Gasteiger charge is -2.40. The molecule has 5 nitrogen and oxygen atoms in total. The van der Waals surface area contributed by atoms with Crippen LogP contribution in [0.5, 0.6) is 0 Å². The predicted molar refractivity (Wildman–Crippen MR) is 84.6 cm³/mol. The number of hydrogen-bond donors (Lipinski definition) is 0. The Morgan fingerprint density at radius 2 is 1.86 bits per heavy atom. The Hall–Kier alpha value is -1.88. The van der Waals surface area contributed by atoms with E-state index in [0.717, 1.165) is 17.9 Å². The molecule has 21 heavy (non-hydrogen) atoms. The maximum absolute atomic E-state index is 12.5. The molecule has 1 atom stereocenters. The average Bonchev–Trinajstić information content (AvgIpc) is 2.43. The van der Waals surface area contributed by atoms with Crippen molar-refractivity contribution in [2.45, 2.75) is 26.3 Å². The molecule has 0 spiro atoms. The summed E-state index contributed by atoms with van der Waals surface area (Å²) in [4.78, 5) is 29.9. The summed E-state index contributed by atoms with van der Waals surface area (Å²) in [6.45, 7) is 4.81. The van der Waals surface area contributed by atoms with Crippen molar-refractivity contribution in [1.29, 1.82) is 0 Å².